The second-order valence-corrected chi connectivity index (χ2v) is 7.06. The summed E-state index contributed by atoms with van der Waals surface area (Å²) < 4.78 is 6.06. The molecule has 3 rings (SSSR count). The van der Waals surface area contributed by atoms with E-state index in [9.17, 15) is 4.79 Å². The van der Waals surface area contributed by atoms with E-state index >= 15 is 0 Å². The molecule has 0 N–H and O–H groups in total. The van der Waals surface area contributed by atoms with Crippen LogP contribution in [0.1, 0.15) is 31.2 Å². The fraction of sp³-hybridized carbons (Fsp3) is 0.625. The molecule has 1 atom stereocenters. The highest BCUT2D eigenvalue weighted by molar-refractivity contribution is 7.99. The number of pyridine rings is 1. The molecule has 108 valence electrons. The van der Waals surface area contributed by atoms with Crippen molar-refractivity contribution in [2.45, 2.75) is 37.7 Å². The summed E-state index contributed by atoms with van der Waals surface area (Å²) in [7, 11) is 0. The number of hydrogen-bond donors (Lipinski definition) is 0. The van der Waals surface area contributed by atoms with Gasteiger partial charge in [-0.15, -0.1) is 0 Å². The lowest BCUT2D eigenvalue weighted by Gasteiger charge is -2.43. The Hall–Kier alpha value is -0.870. The van der Waals surface area contributed by atoms with Crippen LogP contribution in [0.5, 0.6) is 0 Å². The van der Waals surface area contributed by atoms with E-state index in [1.807, 2.05) is 23.9 Å². The van der Waals surface area contributed by atoms with Gasteiger partial charge in [0.1, 0.15) is 5.78 Å². The maximum absolute atomic E-state index is 12.5. The molecule has 0 aromatic carbocycles. The Labute approximate surface area is 124 Å². The summed E-state index contributed by atoms with van der Waals surface area (Å²) in [5.41, 5.74) is 1.02. The van der Waals surface area contributed by atoms with Crippen molar-refractivity contribution in [1.82, 2.24) is 4.98 Å². The summed E-state index contributed by atoms with van der Waals surface area (Å²) >= 11 is 2.00. The summed E-state index contributed by atoms with van der Waals surface area (Å²) in [6, 6.07) is 3.88. The minimum absolute atomic E-state index is 0.00123. The first-order valence-corrected chi connectivity index (χ1v) is 8.56. The number of Topliss-reactive ketones (excluding diaryl/α,β-unsaturated/α-hetero) is 1. The molecule has 4 heteroatoms. The highest BCUT2D eigenvalue weighted by Crippen LogP contribution is 2.40. The number of aromatic nitrogens is 1. The monoisotopic (exact) mass is 291 g/mol. The molecule has 2 saturated heterocycles. The molecule has 2 aliphatic heterocycles. The van der Waals surface area contributed by atoms with Gasteiger partial charge in [0.2, 0.25) is 0 Å². The van der Waals surface area contributed by atoms with Crippen LogP contribution >= 0.6 is 11.8 Å². The highest BCUT2D eigenvalue weighted by Gasteiger charge is 2.40. The number of ketones is 1. The molecule has 2 aliphatic rings. The van der Waals surface area contributed by atoms with Crippen molar-refractivity contribution in [3.8, 4) is 0 Å². The molecule has 0 radical (unpaired) electrons. The fourth-order valence-electron chi connectivity index (χ4n) is 3.24. The number of carbonyl (C=O) groups is 1. The fourth-order valence-corrected chi connectivity index (χ4v) is 4.48. The van der Waals surface area contributed by atoms with Gasteiger partial charge in [0, 0.05) is 31.3 Å². The molecule has 1 aromatic rings. The molecular formula is C16H21NO2S. The van der Waals surface area contributed by atoms with Crippen molar-refractivity contribution in [2.24, 2.45) is 5.92 Å². The van der Waals surface area contributed by atoms with E-state index in [4.69, 9.17) is 4.74 Å². The maximum atomic E-state index is 12.5. The number of carbonyl (C=O) groups excluding carboxylic acids is 1. The third-order valence-electron chi connectivity index (χ3n) is 4.45. The minimum Gasteiger partial charge on any atom is -0.375 e. The lowest BCUT2D eigenvalue weighted by molar-refractivity contribution is -0.137. The second kappa shape index (κ2) is 6.27. The largest absolute Gasteiger partial charge is 0.375 e. The van der Waals surface area contributed by atoms with Gasteiger partial charge in [0.25, 0.3) is 0 Å². The topological polar surface area (TPSA) is 39.2 Å². The first-order chi connectivity index (χ1) is 9.77. The van der Waals surface area contributed by atoms with Crippen molar-refractivity contribution < 1.29 is 9.53 Å². The van der Waals surface area contributed by atoms with E-state index in [-0.39, 0.29) is 11.5 Å². The summed E-state index contributed by atoms with van der Waals surface area (Å²) in [6.45, 7) is 0.744. The van der Waals surface area contributed by atoms with E-state index in [2.05, 4.69) is 4.98 Å². The normalized spacial score (nSPS) is 25.5. The lowest BCUT2D eigenvalue weighted by Crippen LogP contribution is -2.44. The number of hydrogen-bond acceptors (Lipinski definition) is 4. The van der Waals surface area contributed by atoms with Gasteiger partial charge in [-0.05, 0) is 48.8 Å². The molecule has 0 aliphatic carbocycles. The van der Waals surface area contributed by atoms with Crippen LogP contribution in [0.3, 0.4) is 0 Å². The summed E-state index contributed by atoms with van der Waals surface area (Å²) in [6.07, 6.45) is 8.08. The Morgan fingerprint density at radius 3 is 3.05 bits per heavy atom. The Kier molecular flexibility index (Phi) is 4.41. The lowest BCUT2D eigenvalue weighted by atomic mass is 9.79. The van der Waals surface area contributed by atoms with Crippen LogP contribution in [0.4, 0.5) is 0 Å². The quantitative estimate of drug-likeness (QED) is 0.858. The van der Waals surface area contributed by atoms with Crippen molar-refractivity contribution in [3.63, 3.8) is 0 Å². The Morgan fingerprint density at radius 2 is 2.30 bits per heavy atom. The highest BCUT2D eigenvalue weighted by atomic mass is 32.2. The first kappa shape index (κ1) is 14.1. The van der Waals surface area contributed by atoms with Gasteiger partial charge in [-0.2, -0.15) is 11.8 Å². The zero-order valence-electron chi connectivity index (χ0n) is 11.7. The van der Waals surface area contributed by atoms with Gasteiger partial charge >= 0.3 is 0 Å². The van der Waals surface area contributed by atoms with Gasteiger partial charge in [0.05, 0.1) is 5.60 Å². The molecule has 0 bridgehead atoms. The molecule has 2 fully saturated rings. The third-order valence-corrected chi connectivity index (χ3v) is 5.44. The molecule has 3 nitrogen and oxygen atoms in total. The third kappa shape index (κ3) is 3.23. The number of nitrogens with zero attached hydrogens (tertiary/aromatic N) is 1. The standard InChI is InChI=1S/C16H21NO2S/c18-15(10-13-2-1-6-17-12-13)14-3-7-19-16(11-14)4-8-20-9-5-16/h1-2,6,12,14H,3-5,7-11H2. The van der Waals surface area contributed by atoms with E-state index in [0.29, 0.717) is 12.2 Å². The van der Waals surface area contributed by atoms with Crippen molar-refractivity contribution in [2.75, 3.05) is 18.1 Å². The Balaban J connectivity index is 1.63. The minimum atomic E-state index is -0.00123. The van der Waals surface area contributed by atoms with Gasteiger partial charge < -0.3 is 4.74 Å². The average molecular weight is 291 g/mol. The zero-order chi connectivity index (χ0) is 13.8. The van der Waals surface area contributed by atoms with E-state index < -0.39 is 0 Å². The van der Waals surface area contributed by atoms with E-state index in [1.165, 1.54) is 11.5 Å². The predicted octanol–water partition coefficient (Wildman–Crippen LogP) is 2.89. The summed E-state index contributed by atoms with van der Waals surface area (Å²) in [5.74, 6) is 2.87. The van der Waals surface area contributed by atoms with Crippen LogP contribution in [-0.4, -0.2) is 34.5 Å². The molecule has 1 aromatic heterocycles. The van der Waals surface area contributed by atoms with Crippen molar-refractivity contribution in [3.05, 3.63) is 30.1 Å². The van der Waals surface area contributed by atoms with Crippen LogP contribution in [0, 0.1) is 5.92 Å². The van der Waals surface area contributed by atoms with Crippen molar-refractivity contribution >= 4 is 17.5 Å². The predicted molar refractivity (Wildman–Crippen MR) is 80.9 cm³/mol. The van der Waals surface area contributed by atoms with E-state index in [0.717, 1.165) is 37.9 Å². The van der Waals surface area contributed by atoms with Crippen LogP contribution in [0.25, 0.3) is 0 Å². The van der Waals surface area contributed by atoms with Crippen molar-refractivity contribution in [1.29, 1.82) is 0 Å². The maximum Gasteiger partial charge on any atom is 0.140 e. The second-order valence-electron chi connectivity index (χ2n) is 5.84. The zero-order valence-corrected chi connectivity index (χ0v) is 12.5. The summed E-state index contributed by atoms with van der Waals surface area (Å²) in [5, 5.41) is 0. The van der Waals surface area contributed by atoms with Crippen LogP contribution in [0.2, 0.25) is 0 Å². The summed E-state index contributed by atoms with van der Waals surface area (Å²) in [4.78, 5) is 16.6. The molecular weight excluding hydrogens is 270 g/mol. The van der Waals surface area contributed by atoms with Gasteiger partial charge in [-0.25, -0.2) is 0 Å². The van der Waals surface area contributed by atoms with Gasteiger partial charge in [-0.1, -0.05) is 6.07 Å². The molecule has 20 heavy (non-hydrogen) atoms. The SMILES string of the molecule is O=C(Cc1cccnc1)C1CCOC2(CCSCC2)C1. The van der Waals surface area contributed by atoms with Gasteiger partial charge in [0.15, 0.2) is 0 Å². The van der Waals surface area contributed by atoms with E-state index in [1.54, 1.807) is 12.4 Å². The molecule has 0 saturated carbocycles. The Bertz CT molecular complexity index is 451. The van der Waals surface area contributed by atoms with Crippen LogP contribution in [0.15, 0.2) is 24.5 Å². The smallest absolute Gasteiger partial charge is 0.140 e. The number of ether oxygens (including phenoxy) is 1. The van der Waals surface area contributed by atoms with Crippen LogP contribution < -0.4 is 0 Å². The number of rotatable bonds is 3. The van der Waals surface area contributed by atoms with Crippen LogP contribution in [-0.2, 0) is 16.0 Å². The first-order valence-electron chi connectivity index (χ1n) is 7.41. The molecule has 3 heterocycles. The number of thioether (sulfide) groups is 1. The molecule has 1 spiro atoms. The van der Waals surface area contributed by atoms with Gasteiger partial charge in [-0.3, -0.25) is 9.78 Å². The molecule has 1 unspecified atom stereocenters. The molecule has 0 amide bonds. The average Bonchev–Trinajstić information content (AvgIpc) is 2.49. The Morgan fingerprint density at radius 1 is 1.45 bits per heavy atom.